The number of carbonyl (C=O) groups is 1. The third-order valence-corrected chi connectivity index (χ3v) is 4.22. The molecule has 1 N–H and O–H groups in total. The normalized spacial score (nSPS) is 23.9. The summed E-state index contributed by atoms with van der Waals surface area (Å²) in [6.07, 6.45) is 2.38. The predicted octanol–water partition coefficient (Wildman–Crippen LogP) is 3.49. The Hall–Kier alpha value is -0.570. The van der Waals surface area contributed by atoms with Gasteiger partial charge in [-0.15, -0.1) is 0 Å². The Morgan fingerprint density at radius 3 is 2.83 bits per heavy atom. The van der Waals surface area contributed by atoms with E-state index in [4.69, 9.17) is 23.2 Å². The van der Waals surface area contributed by atoms with Crippen molar-refractivity contribution in [1.82, 2.24) is 5.32 Å². The highest BCUT2D eigenvalue weighted by molar-refractivity contribution is 6.35. The van der Waals surface area contributed by atoms with Gasteiger partial charge in [0.15, 0.2) is 0 Å². The van der Waals surface area contributed by atoms with Gasteiger partial charge in [-0.1, -0.05) is 36.2 Å². The molecule has 4 heteroatoms. The van der Waals surface area contributed by atoms with Crippen LogP contribution in [0, 0.1) is 5.41 Å². The molecule has 1 fully saturated rings. The van der Waals surface area contributed by atoms with Gasteiger partial charge in [0.1, 0.15) is 5.78 Å². The quantitative estimate of drug-likeness (QED) is 0.921. The molecule has 2 rings (SSSR count). The van der Waals surface area contributed by atoms with E-state index in [1.807, 2.05) is 13.0 Å². The van der Waals surface area contributed by atoms with Crippen molar-refractivity contribution in [3.05, 3.63) is 33.8 Å². The summed E-state index contributed by atoms with van der Waals surface area (Å²) in [6, 6.07) is 5.30. The number of carbonyl (C=O) groups excluding carboxylic acids is 1. The Morgan fingerprint density at radius 2 is 2.22 bits per heavy atom. The SMILES string of the molecule is CC1(C(=O)Cc2ccc(Cl)cc2Cl)CCCNC1. The molecule has 1 aromatic carbocycles. The molecule has 0 aliphatic carbocycles. The minimum absolute atomic E-state index is 0.249. The van der Waals surface area contributed by atoms with Crippen LogP contribution in [-0.2, 0) is 11.2 Å². The minimum Gasteiger partial charge on any atom is -0.316 e. The maximum Gasteiger partial charge on any atom is 0.144 e. The van der Waals surface area contributed by atoms with Crippen molar-refractivity contribution in [3.8, 4) is 0 Å². The van der Waals surface area contributed by atoms with Gasteiger partial charge in [0.25, 0.3) is 0 Å². The van der Waals surface area contributed by atoms with E-state index in [1.165, 1.54) is 0 Å². The van der Waals surface area contributed by atoms with Gasteiger partial charge in [0.2, 0.25) is 0 Å². The van der Waals surface area contributed by atoms with Crippen molar-refractivity contribution in [2.24, 2.45) is 5.41 Å². The average Bonchev–Trinajstić information content (AvgIpc) is 2.33. The number of hydrogen-bond acceptors (Lipinski definition) is 2. The maximum absolute atomic E-state index is 12.4. The smallest absolute Gasteiger partial charge is 0.144 e. The first-order valence-electron chi connectivity index (χ1n) is 6.19. The first-order chi connectivity index (χ1) is 8.51. The second-order valence-electron chi connectivity index (χ2n) is 5.18. The maximum atomic E-state index is 12.4. The van der Waals surface area contributed by atoms with E-state index in [1.54, 1.807) is 12.1 Å². The zero-order valence-electron chi connectivity index (χ0n) is 10.4. The van der Waals surface area contributed by atoms with Crippen LogP contribution in [0.3, 0.4) is 0 Å². The second kappa shape index (κ2) is 5.60. The Balaban J connectivity index is 2.11. The molecule has 18 heavy (non-hydrogen) atoms. The second-order valence-corrected chi connectivity index (χ2v) is 6.02. The van der Waals surface area contributed by atoms with E-state index >= 15 is 0 Å². The highest BCUT2D eigenvalue weighted by Crippen LogP contribution is 2.30. The molecule has 1 aliphatic heterocycles. The largest absolute Gasteiger partial charge is 0.316 e. The third-order valence-electron chi connectivity index (χ3n) is 3.64. The molecule has 0 saturated carbocycles. The van der Waals surface area contributed by atoms with E-state index in [-0.39, 0.29) is 11.2 Å². The van der Waals surface area contributed by atoms with Crippen LogP contribution in [0.5, 0.6) is 0 Å². The van der Waals surface area contributed by atoms with Crippen molar-refractivity contribution >= 4 is 29.0 Å². The van der Waals surface area contributed by atoms with E-state index in [9.17, 15) is 4.79 Å². The number of halogens is 2. The molecule has 0 radical (unpaired) electrons. The molecular formula is C14H17Cl2NO. The molecule has 1 saturated heterocycles. The summed E-state index contributed by atoms with van der Waals surface area (Å²) in [7, 11) is 0. The number of ketones is 1. The molecule has 0 amide bonds. The first kappa shape index (κ1) is 13.9. The summed E-state index contributed by atoms with van der Waals surface area (Å²) >= 11 is 12.0. The molecule has 1 unspecified atom stereocenters. The van der Waals surface area contributed by atoms with Crippen LogP contribution < -0.4 is 5.32 Å². The van der Waals surface area contributed by atoms with E-state index in [0.29, 0.717) is 16.5 Å². The fourth-order valence-corrected chi connectivity index (χ4v) is 2.82. The summed E-state index contributed by atoms with van der Waals surface area (Å²) in [5.74, 6) is 0.249. The summed E-state index contributed by atoms with van der Waals surface area (Å²) in [4.78, 5) is 12.4. The molecule has 98 valence electrons. The summed E-state index contributed by atoms with van der Waals surface area (Å²) in [6.45, 7) is 3.80. The molecular weight excluding hydrogens is 269 g/mol. The number of benzene rings is 1. The summed E-state index contributed by atoms with van der Waals surface area (Å²) in [5.41, 5.74) is 0.596. The Bertz CT molecular complexity index is 453. The van der Waals surface area contributed by atoms with Gasteiger partial charge < -0.3 is 5.32 Å². The van der Waals surface area contributed by atoms with E-state index in [2.05, 4.69) is 5.32 Å². The molecule has 0 aromatic heterocycles. The van der Waals surface area contributed by atoms with Crippen molar-refractivity contribution in [1.29, 1.82) is 0 Å². The topological polar surface area (TPSA) is 29.1 Å². The third kappa shape index (κ3) is 3.05. The Labute approximate surface area is 118 Å². The average molecular weight is 286 g/mol. The van der Waals surface area contributed by atoms with E-state index in [0.717, 1.165) is 31.5 Å². The van der Waals surface area contributed by atoms with Crippen LogP contribution in [0.4, 0.5) is 0 Å². The number of Topliss-reactive ketones (excluding diaryl/α,β-unsaturated/α-hetero) is 1. The molecule has 0 bridgehead atoms. The number of piperidine rings is 1. The molecule has 1 heterocycles. The van der Waals surface area contributed by atoms with Crippen molar-refractivity contribution < 1.29 is 4.79 Å². The standard InChI is InChI=1S/C14H17Cl2NO/c1-14(5-2-6-17-9-14)13(18)7-10-3-4-11(15)8-12(10)16/h3-4,8,17H,2,5-7,9H2,1H3. The predicted molar refractivity (Wildman–Crippen MR) is 75.4 cm³/mol. The van der Waals surface area contributed by atoms with Crippen molar-refractivity contribution in [2.75, 3.05) is 13.1 Å². The van der Waals surface area contributed by atoms with Crippen molar-refractivity contribution in [2.45, 2.75) is 26.2 Å². The summed E-state index contributed by atoms with van der Waals surface area (Å²) < 4.78 is 0. The molecule has 1 aromatic rings. The van der Waals surface area contributed by atoms with Crippen LogP contribution in [-0.4, -0.2) is 18.9 Å². The molecule has 2 nitrogen and oxygen atoms in total. The summed E-state index contributed by atoms with van der Waals surface area (Å²) in [5, 5.41) is 4.46. The van der Waals surface area contributed by atoms with Gasteiger partial charge in [-0.25, -0.2) is 0 Å². The minimum atomic E-state index is -0.263. The van der Waals surface area contributed by atoms with Crippen LogP contribution in [0.25, 0.3) is 0 Å². The van der Waals surface area contributed by atoms with Gasteiger partial charge >= 0.3 is 0 Å². The molecule has 1 aliphatic rings. The number of hydrogen-bond donors (Lipinski definition) is 1. The zero-order chi connectivity index (χ0) is 13.2. The van der Waals surface area contributed by atoms with Gasteiger partial charge in [-0.05, 0) is 37.1 Å². The van der Waals surface area contributed by atoms with Crippen LogP contribution in [0.2, 0.25) is 10.0 Å². The number of rotatable bonds is 3. The first-order valence-corrected chi connectivity index (χ1v) is 6.95. The Morgan fingerprint density at radius 1 is 1.44 bits per heavy atom. The van der Waals surface area contributed by atoms with Crippen molar-refractivity contribution in [3.63, 3.8) is 0 Å². The van der Waals surface area contributed by atoms with Gasteiger partial charge in [0.05, 0.1) is 0 Å². The van der Waals surface area contributed by atoms with Crippen LogP contribution in [0.15, 0.2) is 18.2 Å². The van der Waals surface area contributed by atoms with Gasteiger partial charge in [0, 0.05) is 28.4 Å². The molecule has 0 spiro atoms. The van der Waals surface area contributed by atoms with E-state index < -0.39 is 0 Å². The fraction of sp³-hybridized carbons (Fsp3) is 0.500. The monoisotopic (exact) mass is 285 g/mol. The lowest BCUT2D eigenvalue weighted by atomic mass is 9.77. The lowest BCUT2D eigenvalue weighted by Gasteiger charge is -2.32. The Kier molecular flexibility index (Phi) is 4.31. The number of nitrogens with one attached hydrogen (secondary N) is 1. The highest BCUT2D eigenvalue weighted by atomic mass is 35.5. The lowest BCUT2D eigenvalue weighted by Crippen LogP contribution is -2.44. The highest BCUT2D eigenvalue weighted by Gasteiger charge is 2.34. The fourth-order valence-electron chi connectivity index (χ4n) is 2.35. The van der Waals surface area contributed by atoms with Crippen LogP contribution in [0.1, 0.15) is 25.3 Å². The van der Waals surface area contributed by atoms with Crippen LogP contribution >= 0.6 is 23.2 Å². The lowest BCUT2D eigenvalue weighted by molar-refractivity contribution is -0.128. The van der Waals surface area contributed by atoms with Gasteiger partial charge in [-0.3, -0.25) is 4.79 Å². The zero-order valence-corrected chi connectivity index (χ0v) is 11.9. The molecule has 1 atom stereocenters. The van der Waals surface area contributed by atoms with Gasteiger partial charge in [-0.2, -0.15) is 0 Å².